The Hall–Kier alpha value is -1.25. The maximum atomic E-state index is 11.8. The molecule has 0 bridgehead atoms. The van der Waals surface area contributed by atoms with Crippen LogP contribution in [0.4, 0.5) is 0 Å². The first kappa shape index (κ1) is 18.1. The molecular weight excluding hydrogens is 330 g/mol. The van der Waals surface area contributed by atoms with Crippen LogP contribution in [0.5, 0.6) is 0 Å². The molecule has 1 amide bonds. The van der Waals surface area contributed by atoms with Crippen LogP contribution in [0.15, 0.2) is 12.7 Å². The van der Waals surface area contributed by atoms with Crippen LogP contribution in [0.1, 0.15) is 20.8 Å². The van der Waals surface area contributed by atoms with Gasteiger partial charge in [-0.15, -0.1) is 6.58 Å². The van der Waals surface area contributed by atoms with Crippen molar-refractivity contribution < 1.29 is 4.79 Å². The van der Waals surface area contributed by atoms with E-state index in [0.717, 1.165) is 24.7 Å². The number of amides is 1. The zero-order chi connectivity index (χ0) is 17.2. The molecule has 2 saturated heterocycles. The predicted octanol–water partition coefficient (Wildman–Crippen LogP) is 0.506. The van der Waals surface area contributed by atoms with Crippen molar-refractivity contribution in [3.8, 4) is 0 Å². The van der Waals surface area contributed by atoms with Crippen LogP contribution in [-0.4, -0.2) is 75.3 Å². The third-order valence-electron chi connectivity index (χ3n) is 4.73. The summed E-state index contributed by atoms with van der Waals surface area (Å²) in [5.41, 5.74) is -0.500. The first-order valence-corrected chi connectivity index (χ1v) is 8.70. The van der Waals surface area contributed by atoms with Gasteiger partial charge in [0.1, 0.15) is 12.2 Å². The number of nitrogens with zero attached hydrogens (tertiary/aromatic N) is 3. The summed E-state index contributed by atoms with van der Waals surface area (Å²) in [6.45, 7) is 13.4. The Morgan fingerprint density at radius 2 is 2.30 bits per heavy atom. The fourth-order valence-electron chi connectivity index (χ4n) is 3.19. The van der Waals surface area contributed by atoms with Gasteiger partial charge in [0.05, 0.1) is 0 Å². The minimum atomic E-state index is -0.500. The zero-order valence-corrected chi connectivity index (χ0v) is 15.6. The van der Waals surface area contributed by atoms with E-state index in [-0.39, 0.29) is 18.5 Å². The molecule has 2 rings (SSSR count). The van der Waals surface area contributed by atoms with Crippen molar-refractivity contribution in [2.24, 2.45) is 0 Å². The van der Waals surface area contributed by atoms with Crippen LogP contribution < -0.4 is 10.6 Å². The molecule has 0 saturated carbocycles. The number of rotatable bonds is 4. The van der Waals surface area contributed by atoms with Crippen LogP contribution in [0.25, 0.3) is 0 Å². The quantitative estimate of drug-likeness (QED) is 0.563. The van der Waals surface area contributed by atoms with E-state index in [1.807, 2.05) is 11.0 Å². The third-order valence-corrected chi connectivity index (χ3v) is 5.53. The highest BCUT2D eigenvalue weighted by Crippen LogP contribution is 2.30. The van der Waals surface area contributed by atoms with Gasteiger partial charge < -0.3 is 25.3 Å². The molecule has 8 heteroatoms. The van der Waals surface area contributed by atoms with Crippen molar-refractivity contribution in [3.05, 3.63) is 12.7 Å². The molecule has 2 aliphatic heterocycles. The van der Waals surface area contributed by atoms with Crippen LogP contribution in [0.3, 0.4) is 0 Å². The number of carbonyl (C=O) groups excluding carboxylic acids is 1. The van der Waals surface area contributed by atoms with E-state index in [1.165, 1.54) is 0 Å². The van der Waals surface area contributed by atoms with E-state index in [4.69, 9.17) is 24.4 Å². The van der Waals surface area contributed by atoms with Crippen molar-refractivity contribution >= 4 is 40.6 Å². The van der Waals surface area contributed by atoms with Crippen LogP contribution in [-0.2, 0) is 4.79 Å². The summed E-state index contributed by atoms with van der Waals surface area (Å²) >= 11 is 11.1. The Labute approximate surface area is 148 Å². The lowest BCUT2D eigenvalue weighted by atomic mass is 9.97. The Morgan fingerprint density at radius 3 is 2.83 bits per heavy atom. The fourth-order valence-corrected chi connectivity index (χ4v) is 4.03. The fraction of sp³-hybridized carbons (Fsp3) is 0.667. The van der Waals surface area contributed by atoms with Gasteiger partial charge in [0.25, 0.3) is 0 Å². The Kier molecular flexibility index (Phi) is 5.59. The Morgan fingerprint density at radius 1 is 1.61 bits per heavy atom. The lowest BCUT2D eigenvalue weighted by molar-refractivity contribution is -0.120. The van der Waals surface area contributed by atoms with E-state index in [9.17, 15) is 4.79 Å². The van der Waals surface area contributed by atoms with E-state index in [2.05, 4.69) is 47.8 Å². The molecule has 0 aliphatic carbocycles. The highest BCUT2D eigenvalue weighted by Gasteiger charge is 2.50. The minimum Gasteiger partial charge on any atom is -0.346 e. The summed E-state index contributed by atoms with van der Waals surface area (Å²) in [7, 11) is 0. The number of piperazine rings is 1. The summed E-state index contributed by atoms with van der Waals surface area (Å²) in [5.74, 6) is -0.0710. The Balaban J connectivity index is 2.35. The molecule has 0 aromatic heterocycles. The summed E-state index contributed by atoms with van der Waals surface area (Å²) in [6.07, 6.45) is 1.85. The van der Waals surface area contributed by atoms with Crippen molar-refractivity contribution in [1.29, 1.82) is 0 Å². The number of thiocarbonyl (C=S) groups is 2. The largest absolute Gasteiger partial charge is 0.346 e. The molecule has 0 radical (unpaired) electrons. The van der Waals surface area contributed by atoms with Gasteiger partial charge in [-0.2, -0.15) is 0 Å². The topological polar surface area (TPSA) is 50.9 Å². The van der Waals surface area contributed by atoms with E-state index in [0.29, 0.717) is 11.7 Å². The average Bonchev–Trinajstić information content (AvgIpc) is 2.86. The van der Waals surface area contributed by atoms with E-state index >= 15 is 0 Å². The van der Waals surface area contributed by atoms with Crippen molar-refractivity contribution in [1.82, 2.24) is 25.3 Å². The monoisotopic (exact) mass is 355 g/mol. The van der Waals surface area contributed by atoms with Crippen molar-refractivity contribution in [3.63, 3.8) is 0 Å². The van der Waals surface area contributed by atoms with Gasteiger partial charge in [-0.05, 0) is 45.2 Å². The standard InChI is InChI=1S/C15H25N5OS2/c1-5-8-18(6-2)14(23)19-9-7-16-11(3)15(19,4)20-10-12(21)17-13(20)22/h5,11,16H,1,6-10H2,2-4H3,(H,17,21,22). The molecule has 0 aromatic rings. The SMILES string of the molecule is C=CCN(CC)C(=S)N1CCNC(C)C1(C)N1CC(=O)NC1=S. The second-order valence-electron chi connectivity index (χ2n) is 5.97. The first-order chi connectivity index (χ1) is 10.9. The van der Waals surface area contributed by atoms with Gasteiger partial charge in [0.2, 0.25) is 5.91 Å². The molecule has 0 aromatic carbocycles. The predicted molar refractivity (Wildman–Crippen MR) is 100 cm³/mol. The second-order valence-corrected chi connectivity index (χ2v) is 6.72. The molecule has 128 valence electrons. The van der Waals surface area contributed by atoms with Gasteiger partial charge in [0, 0.05) is 32.2 Å². The van der Waals surface area contributed by atoms with Gasteiger partial charge in [-0.1, -0.05) is 6.08 Å². The number of nitrogens with one attached hydrogen (secondary N) is 2. The normalized spacial score (nSPS) is 27.9. The number of hydrogen-bond acceptors (Lipinski definition) is 4. The molecule has 2 N–H and O–H groups in total. The molecule has 2 aliphatic rings. The van der Waals surface area contributed by atoms with Gasteiger partial charge in [-0.3, -0.25) is 4.79 Å². The lowest BCUT2D eigenvalue weighted by Gasteiger charge is -2.55. The number of hydrogen-bond donors (Lipinski definition) is 2. The third kappa shape index (κ3) is 3.20. The average molecular weight is 356 g/mol. The molecule has 2 fully saturated rings. The van der Waals surface area contributed by atoms with Crippen molar-refractivity contribution in [2.75, 3.05) is 32.7 Å². The molecular formula is C15H25N5OS2. The minimum absolute atomic E-state index is 0.0710. The van der Waals surface area contributed by atoms with E-state index in [1.54, 1.807) is 0 Å². The second kappa shape index (κ2) is 7.11. The Bertz CT molecular complexity index is 526. The van der Waals surface area contributed by atoms with Gasteiger partial charge in [-0.25, -0.2) is 0 Å². The van der Waals surface area contributed by atoms with Gasteiger partial charge >= 0.3 is 0 Å². The lowest BCUT2D eigenvalue weighted by Crippen LogP contribution is -2.74. The van der Waals surface area contributed by atoms with E-state index < -0.39 is 5.66 Å². The summed E-state index contributed by atoms with van der Waals surface area (Å²) in [5, 5.41) is 7.44. The van der Waals surface area contributed by atoms with Crippen LogP contribution in [0, 0.1) is 0 Å². The number of carbonyl (C=O) groups is 1. The van der Waals surface area contributed by atoms with Crippen LogP contribution >= 0.6 is 24.4 Å². The highest BCUT2D eigenvalue weighted by molar-refractivity contribution is 7.80. The van der Waals surface area contributed by atoms with Gasteiger partial charge in [0.15, 0.2) is 10.2 Å². The number of likely N-dealkylation sites (N-methyl/N-ethyl adjacent to an activating group) is 1. The van der Waals surface area contributed by atoms with Crippen molar-refractivity contribution in [2.45, 2.75) is 32.5 Å². The molecule has 2 atom stereocenters. The molecule has 2 unspecified atom stereocenters. The summed E-state index contributed by atoms with van der Waals surface area (Å²) < 4.78 is 0. The molecule has 6 nitrogen and oxygen atoms in total. The maximum Gasteiger partial charge on any atom is 0.245 e. The zero-order valence-electron chi connectivity index (χ0n) is 14.0. The highest BCUT2D eigenvalue weighted by atomic mass is 32.1. The summed E-state index contributed by atoms with van der Waals surface area (Å²) in [6, 6.07) is 0.0993. The van der Waals surface area contributed by atoms with Crippen LogP contribution in [0.2, 0.25) is 0 Å². The first-order valence-electron chi connectivity index (χ1n) is 7.88. The molecule has 23 heavy (non-hydrogen) atoms. The molecule has 2 heterocycles. The maximum absolute atomic E-state index is 11.8. The smallest absolute Gasteiger partial charge is 0.245 e. The molecule has 0 spiro atoms. The summed E-state index contributed by atoms with van der Waals surface area (Å²) in [4.78, 5) is 18.0.